The maximum Gasteiger partial charge on any atom is 0.410 e. The average Bonchev–Trinajstić information content (AvgIpc) is 2.48. The fraction of sp³-hybridized carbons (Fsp3) is 0.625. The van der Waals surface area contributed by atoms with Gasteiger partial charge in [0, 0.05) is 26.2 Å². The van der Waals surface area contributed by atoms with E-state index < -0.39 is 5.60 Å². The van der Waals surface area contributed by atoms with Gasteiger partial charge in [0.05, 0.1) is 6.20 Å². The number of carbonyl (C=O) groups is 1. The molecule has 0 radical (unpaired) electrons. The van der Waals surface area contributed by atoms with E-state index in [2.05, 4.69) is 4.98 Å². The molecule has 1 aromatic rings. The second-order valence-corrected chi connectivity index (χ2v) is 5.79. The van der Waals surface area contributed by atoms with Crippen molar-refractivity contribution in [2.45, 2.75) is 40.2 Å². The summed E-state index contributed by atoms with van der Waals surface area (Å²) in [6.45, 7) is 12.0. The first-order chi connectivity index (χ1) is 10.3. The number of carbonyl (C=O) groups excluding carboxylic acids is 1. The summed E-state index contributed by atoms with van der Waals surface area (Å²) >= 11 is 0. The van der Waals surface area contributed by atoms with E-state index in [9.17, 15) is 9.18 Å². The number of halogens is 1. The Kier molecular flexibility index (Phi) is 6.59. The van der Waals surface area contributed by atoms with Gasteiger partial charge < -0.3 is 14.5 Å². The summed E-state index contributed by atoms with van der Waals surface area (Å²) in [4.78, 5) is 19.7. The van der Waals surface area contributed by atoms with Crippen molar-refractivity contribution >= 4 is 11.9 Å². The molecule has 1 aliphatic rings. The number of piperazine rings is 1. The van der Waals surface area contributed by atoms with Crippen molar-refractivity contribution in [2.75, 3.05) is 31.1 Å². The number of amides is 1. The van der Waals surface area contributed by atoms with E-state index in [4.69, 9.17) is 4.74 Å². The van der Waals surface area contributed by atoms with E-state index >= 15 is 0 Å². The smallest absolute Gasteiger partial charge is 0.410 e. The summed E-state index contributed by atoms with van der Waals surface area (Å²) in [6, 6.07) is 3.04. The third-order valence-corrected chi connectivity index (χ3v) is 2.97. The summed E-state index contributed by atoms with van der Waals surface area (Å²) in [5.74, 6) is 0.386. The summed E-state index contributed by atoms with van der Waals surface area (Å²) in [7, 11) is 0. The van der Waals surface area contributed by atoms with Crippen molar-refractivity contribution in [3.05, 3.63) is 24.1 Å². The van der Waals surface area contributed by atoms with Crippen molar-refractivity contribution in [1.29, 1.82) is 0 Å². The molecule has 5 nitrogen and oxygen atoms in total. The third-order valence-electron chi connectivity index (χ3n) is 2.97. The van der Waals surface area contributed by atoms with Gasteiger partial charge in [-0.2, -0.15) is 0 Å². The molecule has 2 heterocycles. The lowest BCUT2D eigenvalue weighted by Crippen LogP contribution is -2.50. The number of nitrogens with zero attached hydrogens (tertiary/aromatic N) is 3. The lowest BCUT2D eigenvalue weighted by atomic mass is 10.2. The number of pyridine rings is 1. The first-order valence-electron chi connectivity index (χ1n) is 7.69. The van der Waals surface area contributed by atoms with Crippen LogP contribution < -0.4 is 4.90 Å². The van der Waals surface area contributed by atoms with Gasteiger partial charge in [-0.25, -0.2) is 14.2 Å². The van der Waals surface area contributed by atoms with Crippen LogP contribution in [0.15, 0.2) is 18.3 Å². The minimum absolute atomic E-state index is 0.288. The zero-order valence-electron chi connectivity index (χ0n) is 14.1. The highest BCUT2D eigenvalue weighted by molar-refractivity contribution is 5.68. The van der Waals surface area contributed by atoms with Crippen molar-refractivity contribution in [2.24, 2.45) is 0 Å². The van der Waals surface area contributed by atoms with Crippen molar-refractivity contribution in [3.63, 3.8) is 0 Å². The number of hydrogen-bond donors (Lipinski definition) is 0. The van der Waals surface area contributed by atoms with E-state index in [-0.39, 0.29) is 11.9 Å². The molecule has 1 fully saturated rings. The van der Waals surface area contributed by atoms with Crippen LogP contribution in [0.25, 0.3) is 0 Å². The molecular formula is C16H26FN3O2. The van der Waals surface area contributed by atoms with Crippen molar-refractivity contribution < 1.29 is 13.9 Å². The van der Waals surface area contributed by atoms with E-state index in [0.29, 0.717) is 26.2 Å². The Bertz CT molecular complexity index is 463. The summed E-state index contributed by atoms with van der Waals surface area (Å²) in [5.41, 5.74) is -0.479. The van der Waals surface area contributed by atoms with E-state index in [1.54, 1.807) is 11.0 Å². The van der Waals surface area contributed by atoms with Crippen LogP contribution in [0.2, 0.25) is 0 Å². The molecule has 1 amide bonds. The number of rotatable bonds is 1. The summed E-state index contributed by atoms with van der Waals surface area (Å²) in [6.07, 6.45) is 0.916. The normalized spacial score (nSPS) is 15.0. The fourth-order valence-corrected chi connectivity index (χ4v) is 2.00. The van der Waals surface area contributed by atoms with Crippen LogP contribution in [0, 0.1) is 5.82 Å². The van der Waals surface area contributed by atoms with Crippen LogP contribution in [0.3, 0.4) is 0 Å². The maximum atomic E-state index is 12.8. The van der Waals surface area contributed by atoms with Crippen molar-refractivity contribution in [3.8, 4) is 0 Å². The molecule has 6 heteroatoms. The highest BCUT2D eigenvalue weighted by Crippen LogP contribution is 2.16. The van der Waals surface area contributed by atoms with Crippen molar-refractivity contribution in [1.82, 2.24) is 9.88 Å². The van der Waals surface area contributed by atoms with E-state index in [1.807, 2.05) is 39.5 Å². The lowest BCUT2D eigenvalue weighted by Gasteiger charge is -2.36. The molecule has 0 bridgehead atoms. The Morgan fingerprint density at radius 3 is 2.23 bits per heavy atom. The molecule has 0 atom stereocenters. The quantitative estimate of drug-likeness (QED) is 0.798. The monoisotopic (exact) mass is 311 g/mol. The Morgan fingerprint density at radius 2 is 1.77 bits per heavy atom. The standard InChI is InChI=1S/C14H20FN3O2.C2H6/c1-14(2,3)20-13(19)18-8-6-17(7-9-18)12-5-4-11(15)10-16-12;1-2/h4-5,10H,6-9H2,1-3H3;1-2H3. The van der Waals surface area contributed by atoms with Gasteiger partial charge in [0.25, 0.3) is 0 Å². The molecular weight excluding hydrogens is 285 g/mol. The largest absolute Gasteiger partial charge is 0.444 e. The van der Waals surface area contributed by atoms with E-state index in [1.165, 1.54) is 12.3 Å². The molecule has 0 unspecified atom stereocenters. The minimum atomic E-state index is -0.479. The second kappa shape index (κ2) is 7.96. The summed E-state index contributed by atoms with van der Waals surface area (Å²) in [5, 5.41) is 0. The van der Waals surface area contributed by atoms with Crippen LogP contribution in [0.5, 0.6) is 0 Å². The molecule has 1 aromatic heterocycles. The predicted octanol–water partition coefficient (Wildman–Crippen LogP) is 3.30. The first-order valence-corrected chi connectivity index (χ1v) is 7.69. The van der Waals surface area contributed by atoms with Crippen LogP contribution in [-0.4, -0.2) is 47.8 Å². The van der Waals surface area contributed by atoms with Crippen LogP contribution in [-0.2, 0) is 4.74 Å². The Morgan fingerprint density at radius 1 is 1.18 bits per heavy atom. The SMILES string of the molecule is CC.CC(C)(C)OC(=O)N1CCN(c2ccc(F)cn2)CC1. The van der Waals surface area contributed by atoms with E-state index in [0.717, 1.165) is 5.82 Å². The molecule has 124 valence electrons. The highest BCUT2D eigenvalue weighted by Gasteiger charge is 2.26. The van der Waals surface area contributed by atoms with Crippen LogP contribution >= 0.6 is 0 Å². The molecule has 0 N–H and O–H groups in total. The summed E-state index contributed by atoms with van der Waals surface area (Å²) < 4.78 is 18.2. The number of anilines is 1. The van der Waals surface area contributed by atoms with Gasteiger partial charge in [0.2, 0.25) is 0 Å². The minimum Gasteiger partial charge on any atom is -0.444 e. The average molecular weight is 311 g/mol. The highest BCUT2D eigenvalue weighted by atomic mass is 19.1. The van der Waals surface area contributed by atoms with Gasteiger partial charge in [-0.3, -0.25) is 0 Å². The maximum absolute atomic E-state index is 12.8. The molecule has 1 saturated heterocycles. The molecule has 0 spiro atoms. The van der Waals surface area contributed by atoms with Gasteiger partial charge in [0.15, 0.2) is 0 Å². The van der Waals surface area contributed by atoms with Crippen LogP contribution in [0.4, 0.5) is 15.0 Å². The molecule has 22 heavy (non-hydrogen) atoms. The predicted molar refractivity (Wildman–Crippen MR) is 85.6 cm³/mol. The zero-order valence-corrected chi connectivity index (χ0v) is 14.1. The van der Waals surface area contributed by atoms with Gasteiger partial charge in [-0.1, -0.05) is 13.8 Å². The van der Waals surface area contributed by atoms with Gasteiger partial charge in [0.1, 0.15) is 17.2 Å². The molecule has 0 aromatic carbocycles. The first kappa shape index (κ1) is 18.2. The number of ether oxygens (including phenoxy) is 1. The lowest BCUT2D eigenvalue weighted by molar-refractivity contribution is 0.0240. The molecule has 0 aliphatic carbocycles. The Labute approximate surface area is 132 Å². The Hall–Kier alpha value is -1.85. The molecule has 1 aliphatic heterocycles. The zero-order chi connectivity index (χ0) is 16.8. The molecule has 2 rings (SSSR count). The molecule has 0 saturated carbocycles. The van der Waals surface area contributed by atoms with Gasteiger partial charge in [-0.05, 0) is 32.9 Å². The Balaban J connectivity index is 0.00000116. The van der Waals surface area contributed by atoms with Crippen LogP contribution in [0.1, 0.15) is 34.6 Å². The van der Waals surface area contributed by atoms with Gasteiger partial charge in [-0.15, -0.1) is 0 Å². The number of hydrogen-bond acceptors (Lipinski definition) is 4. The van der Waals surface area contributed by atoms with Gasteiger partial charge >= 0.3 is 6.09 Å². The number of aromatic nitrogens is 1. The third kappa shape index (κ3) is 5.50. The second-order valence-electron chi connectivity index (χ2n) is 5.79. The topological polar surface area (TPSA) is 45.7 Å². The fourth-order valence-electron chi connectivity index (χ4n) is 2.00.